The molecule has 0 fully saturated rings. The van der Waals surface area contributed by atoms with Gasteiger partial charge in [0.05, 0.1) is 0 Å². The van der Waals surface area contributed by atoms with Crippen LogP contribution in [0.3, 0.4) is 0 Å². The van der Waals surface area contributed by atoms with E-state index in [0.29, 0.717) is 5.56 Å². The Bertz CT molecular complexity index is 1530. The van der Waals surface area contributed by atoms with Gasteiger partial charge in [0, 0.05) is 12.7 Å². The van der Waals surface area contributed by atoms with Gasteiger partial charge >= 0.3 is 7.47 Å². The predicted molar refractivity (Wildman–Crippen MR) is 137 cm³/mol. The molecule has 0 radical (unpaired) electrons. The fraction of sp³-hybridized carbons (Fsp3) is 0.103. The fourth-order valence-corrected chi connectivity index (χ4v) is 4.38. The second-order valence-electron chi connectivity index (χ2n) is 8.52. The molecular weight excluding hydrogens is 429 g/mol. The number of benzene rings is 5. The molecule has 0 aliphatic heterocycles. The SMILES string of the molecule is COC(C)(/C=C(\OB(F)F)c1ccc2ccccc2c1)c1ccc2cc3ccccc3cc2c1. The Labute approximate surface area is 197 Å². The molecule has 168 valence electrons. The summed E-state index contributed by atoms with van der Waals surface area (Å²) in [6.45, 7) is 1.85. The molecule has 34 heavy (non-hydrogen) atoms. The highest BCUT2D eigenvalue weighted by Gasteiger charge is 2.28. The lowest BCUT2D eigenvalue weighted by molar-refractivity contribution is 0.0456. The summed E-state index contributed by atoms with van der Waals surface area (Å²) in [7, 11) is -1.39. The van der Waals surface area contributed by atoms with E-state index in [-0.39, 0.29) is 5.76 Å². The summed E-state index contributed by atoms with van der Waals surface area (Å²) >= 11 is 0. The van der Waals surface area contributed by atoms with E-state index >= 15 is 0 Å². The summed E-state index contributed by atoms with van der Waals surface area (Å²) in [6, 6.07) is 31.9. The topological polar surface area (TPSA) is 18.5 Å². The highest BCUT2D eigenvalue weighted by atomic mass is 19.2. The van der Waals surface area contributed by atoms with Gasteiger partial charge in [0.15, 0.2) is 0 Å². The number of hydrogen-bond donors (Lipinski definition) is 0. The van der Waals surface area contributed by atoms with Gasteiger partial charge in [0.1, 0.15) is 11.4 Å². The van der Waals surface area contributed by atoms with Crippen LogP contribution in [0.1, 0.15) is 18.1 Å². The van der Waals surface area contributed by atoms with Crippen molar-refractivity contribution in [1.82, 2.24) is 0 Å². The van der Waals surface area contributed by atoms with Crippen molar-refractivity contribution in [1.29, 1.82) is 0 Å². The minimum absolute atomic E-state index is 0.0729. The second-order valence-corrected chi connectivity index (χ2v) is 8.52. The van der Waals surface area contributed by atoms with Gasteiger partial charge < -0.3 is 9.39 Å². The van der Waals surface area contributed by atoms with Crippen LogP contribution in [-0.2, 0) is 15.0 Å². The van der Waals surface area contributed by atoms with Crippen molar-refractivity contribution >= 4 is 45.5 Å². The first-order chi connectivity index (χ1) is 16.4. The van der Waals surface area contributed by atoms with Gasteiger partial charge in [-0.25, -0.2) is 8.63 Å². The van der Waals surface area contributed by atoms with Crippen molar-refractivity contribution in [2.75, 3.05) is 7.11 Å². The first kappa shape index (κ1) is 22.1. The minimum Gasteiger partial charge on any atom is -0.505 e. The Balaban J connectivity index is 1.62. The minimum atomic E-state index is -2.96. The van der Waals surface area contributed by atoms with E-state index in [4.69, 9.17) is 9.39 Å². The van der Waals surface area contributed by atoms with E-state index in [2.05, 4.69) is 24.3 Å². The van der Waals surface area contributed by atoms with Gasteiger partial charge in [0.25, 0.3) is 0 Å². The molecule has 0 amide bonds. The van der Waals surface area contributed by atoms with Crippen LogP contribution in [-0.4, -0.2) is 14.6 Å². The zero-order valence-electron chi connectivity index (χ0n) is 19.0. The molecule has 5 rings (SSSR count). The average molecular weight is 452 g/mol. The summed E-state index contributed by atoms with van der Waals surface area (Å²) in [6.07, 6.45) is 1.63. The van der Waals surface area contributed by atoms with Crippen molar-refractivity contribution in [3.05, 3.63) is 114 Å². The zero-order chi connectivity index (χ0) is 23.7. The lowest BCUT2D eigenvalue weighted by atomic mass is 9.90. The van der Waals surface area contributed by atoms with Gasteiger partial charge in [0.2, 0.25) is 0 Å². The van der Waals surface area contributed by atoms with Gasteiger partial charge in [-0.3, -0.25) is 0 Å². The van der Waals surface area contributed by atoms with Crippen molar-refractivity contribution in [2.45, 2.75) is 12.5 Å². The number of fused-ring (bicyclic) bond motifs is 3. The maximum absolute atomic E-state index is 13.4. The third-order valence-electron chi connectivity index (χ3n) is 6.36. The standard InChI is InChI=1S/C29H23BF2O2/c1-29(33-2,27-14-13-24-15-22-9-5-6-10-23(22)17-26(24)18-27)19-28(34-30(31)32)25-12-11-20-7-3-4-8-21(20)16-25/h3-19H,1-2H3/b28-19-. The van der Waals surface area contributed by atoms with Crippen molar-refractivity contribution in [3.63, 3.8) is 0 Å². The Kier molecular flexibility index (Phi) is 5.80. The maximum atomic E-state index is 13.4. The zero-order valence-corrected chi connectivity index (χ0v) is 19.0. The quantitative estimate of drug-likeness (QED) is 0.148. The highest BCUT2D eigenvalue weighted by molar-refractivity contribution is 6.36. The summed E-state index contributed by atoms with van der Waals surface area (Å²) < 4.78 is 37.7. The molecule has 0 saturated carbocycles. The van der Waals surface area contributed by atoms with Crippen molar-refractivity contribution < 1.29 is 18.0 Å². The number of rotatable bonds is 6. The number of methoxy groups -OCH3 is 1. The van der Waals surface area contributed by atoms with Crippen LogP contribution in [0, 0.1) is 0 Å². The van der Waals surface area contributed by atoms with Crippen LogP contribution in [0.5, 0.6) is 0 Å². The molecule has 5 aromatic rings. The summed E-state index contributed by atoms with van der Waals surface area (Å²) in [5.41, 5.74) is 0.415. The van der Waals surface area contributed by atoms with Gasteiger partial charge in [-0.15, -0.1) is 0 Å². The summed E-state index contributed by atoms with van der Waals surface area (Å²) in [5, 5.41) is 6.43. The Morgan fingerprint density at radius 1 is 0.706 bits per heavy atom. The molecule has 2 nitrogen and oxygen atoms in total. The average Bonchev–Trinajstić information content (AvgIpc) is 2.86. The van der Waals surface area contributed by atoms with Crippen LogP contribution in [0.2, 0.25) is 0 Å². The lowest BCUT2D eigenvalue weighted by Gasteiger charge is -2.27. The third kappa shape index (κ3) is 4.27. The van der Waals surface area contributed by atoms with Crippen molar-refractivity contribution in [3.8, 4) is 0 Å². The Morgan fingerprint density at radius 2 is 1.26 bits per heavy atom. The summed E-state index contributed by atoms with van der Waals surface area (Å²) in [4.78, 5) is 0. The van der Waals surface area contributed by atoms with Crippen LogP contribution < -0.4 is 0 Å². The fourth-order valence-electron chi connectivity index (χ4n) is 4.38. The van der Waals surface area contributed by atoms with Gasteiger partial charge in [-0.1, -0.05) is 72.8 Å². The van der Waals surface area contributed by atoms with E-state index in [1.165, 1.54) is 5.39 Å². The van der Waals surface area contributed by atoms with E-state index in [1.807, 2.05) is 73.7 Å². The molecule has 0 bridgehead atoms. The Morgan fingerprint density at radius 3 is 1.91 bits per heavy atom. The first-order valence-electron chi connectivity index (χ1n) is 11.1. The van der Waals surface area contributed by atoms with Crippen LogP contribution in [0.4, 0.5) is 8.63 Å². The molecule has 0 N–H and O–H groups in total. The molecule has 0 heterocycles. The molecule has 1 unspecified atom stereocenters. The van der Waals surface area contributed by atoms with Crippen molar-refractivity contribution in [2.24, 2.45) is 0 Å². The van der Waals surface area contributed by atoms with Gasteiger partial charge in [-0.2, -0.15) is 0 Å². The molecule has 0 aliphatic rings. The van der Waals surface area contributed by atoms with E-state index < -0.39 is 13.1 Å². The lowest BCUT2D eigenvalue weighted by Crippen LogP contribution is -2.23. The van der Waals surface area contributed by atoms with Crippen LogP contribution >= 0.6 is 0 Å². The monoisotopic (exact) mass is 452 g/mol. The molecule has 0 saturated heterocycles. The van der Waals surface area contributed by atoms with Gasteiger partial charge in [-0.05, 0) is 75.1 Å². The van der Waals surface area contributed by atoms with E-state index in [0.717, 1.165) is 32.5 Å². The predicted octanol–water partition coefficient (Wildman–Crippen LogP) is 7.99. The van der Waals surface area contributed by atoms with Crippen LogP contribution in [0.15, 0.2) is 103 Å². The van der Waals surface area contributed by atoms with Crippen LogP contribution in [0.25, 0.3) is 38.1 Å². The first-order valence-corrected chi connectivity index (χ1v) is 11.1. The molecule has 1 atom stereocenters. The molecule has 0 aliphatic carbocycles. The molecule has 5 aromatic carbocycles. The maximum Gasteiger partial charge on any atom is 0.796 e. The third-order valence-corrected chi connectivity index (χ3v) is 6.36. The molecule has 5 heteroatoms. The number of ether oxygens (including phenoxy) is 1. The molecular formula is C29H23BF2O2. The normalized spacial score (nSPS) is 13.8. The summed E-state index contributed by atoms with van der Waals surface area (Å²) in [5.74, 6) is 0.0729. The smallest absolute Gasteiger partial charge is 0.505 e. The second kappa shape index (κ2) is 8.92. The number of halogens is 2. The van der Waals surface area contributed by atoms with E-state index in [1.54, 1.807) is 19.3 Å². The molecule has 0 aromatic heterocycles. The molecule has 0 spiro atoms. The highest BCUT2D eigenvalue weighted by Crippen LogP contribution is 2.34. The largest absolute Gasteiger partial charge is 0.796 e. The number of hydrogen-bond acceptors (Lipinski definition) is 2. The van der Waals surface area contributed by atoms with E-state index in [9.17, 15) is 8.63 Å². The Hall–Kier alpha value is -3.70.